The number of hydrogen-bond donors (Lipinski definition) is 1. The van der Waals surface area contributed by atoms with E-state index in [1.54, 1.807) is 6.07 Å². The van der Waals surface area contributed by atoms with Gasteiger partial charge in [-0.05, 0) is 18.6 Å². The highest BCUT2D eigenvalue weighted by atomic mass is 32.2. The molecule has 2 rings (SSSR count). The first-order chi connectivity index (χ1) is 8.46. The smallest absolute Gasteiger partial charge is 0.244 e. The van der Waals surface area contributed by atoms with Crippen LogP contribution in [0.3, 0.4) is 0 Å². The van der Waals surface area contributed by atoms with E-state index in [2.05, 4.69) is 0 Å². The second-order valence-electron chi connectivity index (χ2n) is 4.03. The van der Waals surface area contributed by atoms with Gasteiger partial charge in [0.05, 0.1) is 6.10 Å². The van der Waals surface area contributed by atoms with E-state index >= 15 is 0 Å². The minimum atomic E-state index is -3.93. The number of β-amino-alcohol motifs (C(OH)–C–C–N with tert-alkyl or cyclic N) is 1. The molecule has 0 saturated carbocycles. The van der Waals surface area contributed by atoms with Gasteiger partial charge in [-0.15, -0.1) is 0 Å². The summed E-state index contributed by atoms with van der Waals surface area (Å²) in [6, 6.07) is 5.04. The minimum absolute atomic E-state index is 0.0241. The lowest BCUT2D eigenvalue weighted by Crippen LogP contribution is -2.30. The van der Waals surface area contributed by atoms with Crippen LogP contribution in [0.15, 0.2) is 23.1 Å². The molecule has 0 aromatic heterocycles. The molecule has 18 heavy (non-hydrogen) atoms. The largest absolute Gasteiger partial charge is 0.392 e. The lowest BCUT2D eigenvalue weighted by molar-refractivity contribution is 0.189. The molecule has 0 bridgehead atoms. The van der Waals surface area contributed by atoms with Gasteiger partial charge in [0.25, 0.3) is 0 Å². The van der Waals surface area contributed by atoms with E-state index in [0.29, 0.717) is 6.42 Å². The molecule has 0 amide bonds. The van der Waals surface area contributed by atoms with Gasteiger partial charge in [0.15, 0.2) is 0 Å². The van der Waals surface area contributed by atoms with Gasteiger partial charge in [-0.25, -0.2) is 12.8 Å². The Morgan fingerprint density at radius 3 is 2.78 bits per heavy atom. The summed E-state index contributed by atoms with van der Waals surface area (Å²) < 4.78 is 38.9. The standard InChI is InChI=1S/C11H11FN2O3S/c12-10-2-1-3-11(9(10)6-13)18(16,17)14-5-4-8(15)7-14/h1-3,8,15H,4-5,7H2/t8-/m0/s1. The number of halogens is 1. The van der Waals surface area contributed by atoms with Crippen molar-refractivity contribution in [2.75, 3.05) is 13.1 Å². The molecule has 1 saturated heterocycles. The van der Waals surface area contributed by atoms with Crippen molar-refractivity contribution in [2.45, 2.75) is 17.4 Å². The Bertz CT molecular complexity index is 609. The summed E-state index contributed by atoms with van der Waals surface area (Å²) in [7, 11) is -3.93. The zero-order valence-corrected chi connectivity index (χ0v) is 10.2. The highest BCUT2D eigenvalue weighted by Gasteiger charge is 2.33. The van der Waals surface area contributed by atoms with Crippen molar-refractivity contribution in [2.24, 2.45) is 0 Å². The highest BCUT2D eigenvalue weighted by molar-refractivity contribution is 7.89. The van der Waals surface area contributed by atoms with E-state index in [9.17, 15) is 17.9 Å². The summed E-state index contributed by atoms with van der Waals surface area (Å²) in [6.07, 6.45) is -0.366. The van der Waals surface area contributed by atoms with Crippen LogP contribution in [0.25, 0.3) is 0 Å². The van der Waals surface area contributed by atoms with Crippen molar-refractivity contribution >= 4 is 10.0 Å². The third kappa shape index (κ3) is 2.10. The molecule has 1 aliphatic rings. The molecule has 1 fully saturated rings. The zero-order chi connectivity index (χ0) is 13.3. The van der Waals surface area contributed by atoms with Gasteiger partial charge in [-0.3, -0.25) is 0 Å². The molecular weight excluding hydrogens is 259 g/mol. The monoisotopic (exact) mass is 270 g/mol. The van der Waals surface area contributed by atoms with Crippen LogP contribution in [0.1, 0.15) is 12.0 Å². The van der Waals surface area contributed by atoms with Gasteiger partial charge in [0.1, 0.15) is 22.3 Å². The molecule has 5 nitrogen and oxygen atoms in total. The Balaban J connectivity index is 2.49. The predicted octanol–water partition coefficient (Wildman–Crippen LogP) is 0.453. The lowest BCUT2D eigenvalue weighted by atomic mass is 10.2. The zero-order valence-electron chi connectivity index (χ0n) is 9.38. The van der Waals surface area contributed by atoms with Gasteiger partial charge in [0, 0.05) is 13.1 Å². The van der Waals surface area contributed by atoms with Crippen LogP contribution in [0.5, 0.6) is 0 Å². The summed E-state index contributed by atoms with van der Waals surface area (Å²) in [6.45, 7) is 0.147. The quantitative estimate of drug-likeness (QED) is 0.846. The number of hydrogen-bond acceptors (Lipinski definition) is 4. The first-order valence-electron chi connectivity index (χ1n) is 5.33. The van der Waals surface area contributed by atoms with E-state index in [0.717, 1.165) is 10.4 Å². The van der Waals surface area contributed by atoms with Crippen molar-refractivity contribution in [3.05, 3.63) is 29.6 Å². The molecule has 96 valence electrons. The summed E-state index contributed by atoms with van der Waals surface area (Å²) in [5.74, 6) is -0.863. The summed E-state index contributed by atoms with van der Waals surface area (Å²) in [4.78, 5) is -0.348. The first-order valence-corrected chi connectivity index (χ1v) is 6.77. The van der Waals surface area contributed by atoms with Crippen LogP contribution in [-0.4, -0.2) is 37.0 Å². The fraction of sp³-hybridized carbons (Fsp3) is 0.364. The second kappa shape index (κ2) is 4.65. The maximum Gasteiger partial charge on any atom is 0.244 e. The molecule has 1 aromatic carbocycles. The molecule has 1 aliphatic heterocycles. The van der Waals surface area contributed by atoms with Crippen molar-refractivity contribution in [1.82, 2.24) is 4.31 Å². The summed E-state index contributed by atoms with van der Waals surface area (Å²) in [5, 5.41) is 18.2. The predicted molar refractivity (Wildman–Crippen MR) is 60.5 cm³/mol. The van der Waals surface area contributed by atoms with Crippen molar-refractivity contribution in [3.63, 3.8) is 0 Å². The topological polar surface area (TPSA) is 81.4 Å². The van der Waals surface area contributed by atoms with E-state index < -0.39 is 27.5 Å². The van der Waals surface area contributed by atoms with Crippen molar-refractivity contribution in [3.8, 4) is 6.07 Å². The molecule has 1 atom stereocenters. The SMILES string of the molecule is N#Cc1c(F)cccc1S(=O)(=O)N1CC[C@H](O)C1. The maximum atomic E-state index is 13.4. The van der Waals surface area contributed by atoms with Crippen LogP contribution < -0.4 is 0 Å². The Morgan fingerprint density at radius 2 is 2.22 bits per heavy atom. The van der Waals surface area contributed by atoms with Gasteiger partial charge < -0.3 is 5.11 Å². The molecule has 0 aliphatic carbocycles. The minimum Gasteiger partial charge on any atom is -0.392 e. The first kappa shape index (κ1) is 13.0. The molecular formula is C11H11FN2O3S. The number of aliphatic hydroxyl groups is 1. The van der Waals surface area contributed by atoms with E-state index in [1.165, 1.54) is 12.1 Å². The third-order valence-electron chi connectivity index (χ3n) is 2.83. The highest BCUT2D eigenvalue weighted by Crippen LogP contribution is 2.25. The van der Waals surface area contributed by atoms with Crippen LogP contribution in [0.2, 0.25) is 0 Å². The molecule has 0 spiro atoms. The van der Waals surface area contributed by atoms with Gasteiger partial charge in [0.2, 0.25) is 10.0 Å². The normalized spacial score (nSPS) is 20.8. The molecule has 1 heterocycles. The van der Waals surface area contributed by atoms with E-state index in [-0.39, 0.29) is 18.0 Å². The van der Waals surface area contributed by atoms with Crippen LogP contribution in [0.4, 0.5) is 4.39 Å². The van der Waals surface area contributed by atoms with Gasteiger partial charge >= 0.3 is 0 Å². The summed E-state index contributed by atoms with van der Waals surface area (Å²) >= 11 is 0. The van der Waals surface area contributed by atoms with Crippen molar-refractivity contribution < 1.29 is 17.9 Å². The molecule has 7 heteroatoms. The molecule has 0 radical (unpaired) electrons. The van der Waals surface area contributed by atoms with Crippen LogP contribution in [-0.2, 0) is 10.0 Å². The number of nitrogens with zero attached hydrogens (tertiary/aromatic N) is 2. The maximum absolute atomic E-state index is 13.4. The fourth-order valence-electron chi connectivity index (χ4n) is 1.90. The van der Waals surface area contributed by atoms with Gasteiger partial charge in [-0.2, -0.15) is 9.57 Å². The van der Waals surface area contributed by atoms with Crippen molar-refractivity contribution in [1.29, 1.82) is 5.26 Å². The fourth-order valence-corrected chi connectivity index (χ4v) is 3.54. The number of sulfonamides is 1. The molecule has 1 aromatic rings. The lowest BCUT2D eigenvalue weighted by Gasteiger charge is -2.16. The summed E-state index contributed by atoms with van der Waals surface area (Å²) in [5.41, 5.74) is -0.487. The van der Waals surface area contributed by atoms with Crippen LogP contribution in [0, 0.1) is 17.1 Å². The Hall–Kier alpha value is -1.49. The van der Waals surface area contributed by atoms with E-state index in [4.69, 9.17) is 5.26 Å². The Kier molecular flexibility index (Phi) is 3.34. The number of aliphatic hydroxyl groups excluding tert-OH is 1. The average molecular weight is 270 g/mol. The Morgan fingerprint density at radius 1 is 1.50 bits per heavy atom. The second-order valence-corrected chi connectivity index (χ2v) is 5.94. The molecule has 1 N–H and O–H groups in total. The number of benzene rings is 1. The van der Waals surface area contributed by atoms with Crippen LogP contribution >= 0.6 is 0 Å². The van der Waals surface area contributed by atoms with Gasteiger partial charge in [-0.1, -0.05) is 6.07 Å². The number of rotatable bonds is 2. The average Bonchev–Trinajstić information content (AvgIpc) is 2.76. The third-order valence-corrected chi connectivity index (χ3v) is 4.74. The molecule has 0 unspecified atom stereocenters. The number of nitriles is 1. The Labute approximate surface area is 104 Å². The van der Waals surface area contributed by atoms with E-state index in [1.807, 2.05) is 0 Å².